The van der Waals surface area contributed by atoms with Crippen LogP contribution in [0, 0.1) is 0 Å². The summed E-state index contributed by atoms with van der Waals surface area (Å²) in [6.45, 7) is 0.490. The first kappa shape index (κ1) is 14.4. The van der Waals surface area contributed by atoms with Crippen molar-refractivity contribution >= 4 is 11.4 Å². The van der Waals surface area contributed by atoms with Crippen molar-refractivity contribution in [3.8, 4) is 0 Å². The third-order valence-corrected chi connectivity index (χ3v) is 3.98. The van der Waals surface area contributed by atoms with E-state index in [0.29, 0.717) is 6.54 Å². The molecule has 0 aliphatic carbocycles. The van der Waals surface area contributed by atoms with Crippen molar-refractivity contribution in [1.29, 1.82) is 0 Å². The summed E-state index contributed by atoms with van der Waals surface area (Å²) >= 11 is 0. The molecule has 3 rings (SSSR count). The second kappa shape index (κ2) is 6.52. The minimum absolute atomic E-state index is 0.0807. The quantitative estimate of drug-likeness (QED) is 0.531. The van der Waals surface area contributed by atoms with E-state index in [1.807, 2.05) is 24.3 Å². The van der Waals surface area contributed by atoms with E-state index in [1.165, 1.54) is 11.1 Å². The Bertz CT molecular complexity index is 662. The molecule has 2 aromatic carbocycles. The van der Waals surface area contributed by atoms with E-state index >= 15 is 0 Å². The highest BCUT2D eigenvalue weighted by Crippen LogP contribution is 2.35. The molecular formula is C17H18N4O. The standard InChI is InChI=1S/C17H18N4O/c18-20-19-11-15(22)12-21-16-7-3-1-5-13(16)9-10-14-6-2-4-8-17(14)21/h1-8,15,22H,9-12H2. The fourth-order valence-electron chi connectivity index (χ4n) is 2.97. The Morgan fingerprint density at radius 1 is 1.05 bits per heavy atom. The summed E-state index contributed by atoms with van der Waals surface area (Å²) in [5.74, 6) is 0. The summed E-state index contributed by atoms with van der Waals surface area (Å²) in [4.78, 5) is 4.86. The van der Waals surface area contributed by atoms with E-state index in [1.54, 1.807) is 0 Å². The number of aliphatic hydroxyl groups excluding tert-OH is 1. The van der Waals surface area contributed by atoms with Gasteiger partial charge in [0.15, 0.2) is 0 Å². The second-order valence-corrected chi connectivity index (χ2v) is 5.44. The summed E-state index contributed by atoms with van der Waals surface area (Å²) < 4.78 is 0. The molecule has 0 saturated heterocycles. The second-order valence-electron chi connectivity index (χ2n) is 5.44. The molecule has 0 radical (unpaired) electrons. The van der Waals surface area contributed by atoms with Crippen molar-refractivity contribution in [2.24, 2.45) is 5.11 Å². The van der Waals surface area contributed by atoms with Gasteiger partial charge in [0.2, 0.25) is 0 Å². The number of fused-ring (bicyclic) bond motifs is 2. The van der Waals surface area contributed by atoms with Gasteiger partial charge < -0.3 is 10.0 Å². The van der Waals surface area contributed by atoms with Crippen LogP contribution in [0.5, 0.6) is 0 Å². The molecule has 0 aromatic heterocycles. The molecule has 0 amide bonds. The summed E-state index contributed by atoms with van der Waals surface area (Å²) in [5, 5.41) is 13.6. The van der Waals surface area contributed by atoms with E-state index in [-0.39, 0.29) is 6.54 Å². The first-order valence-electron chi connectivity index (χ1n) is 7.42. The Labute approximate surface area is 129 Å². The number of nitrogens with zero attached hydrogens (tertiary/aromatic N) is 4. The lowest BCUT2D eigenvalue weighted by Gasteiger charge is -2.28. The maximum atomic E-state index is 10.2. The van der Waals surface area contributed by atoms with Crippen LogP contribution in [0.25, 0.3) is 10.4 Å². The lowest BCUT2D eigenvalue weighted by molar-refractivity contribution is 0.191. The highest BCUT2D eigenvalue weighted by atomic mass is 16.3. The predicted octanol–water partition coefficient (Wildman–Crippen LogP) is 3.59. The molecule has 1 aliphatic rings. The Kier molecular flexibility index (Phi) is 4.28. The Morgan fingerprint density at radius 3 is 2.14 bits per heavy atom. The van der Waals surface area contributed by atoms with Crippen LogP contribution in [0.4, 0.5) is 11.4 Å². The molecule has 1 N–H and O–H groups in total. The number of hydrogen-bond donors (Lipinski definition) is 1. The molecule has 5 nitrogen and oxygen atoms in total. The molecule has 2 aromatic rings. The zero-order chi connectivity index (χ0) is 15.4. The van der Waals surface area contributed by atoms with Gasteiger partial charge in [0, 0.05) is 22.8 Å². The molecule has 0 fully saturated rings. The average molecular weight is 294 g/mol. The molecular weight excluding hydrogens is 276 g/mol. The van der Waals surface area contributed by atoms with Crippen LogP contribution in [-0.4, -0.2) is 24.3 Å². The minimum Gasteiger partial charge on any atom is -0.391 e. The van der Waals surface area contributed by atoms with Crippen LogP contribution < -0.4 is 4.90 Å². The van der Waals surface area contributed by atoms with Gasteiger partial charge >= 0.3 is 0 Å². The molecule has 0 bridgehead atoms. The van der Waals surface area contributed by atoms with Crippen molar-refractivity contribution in [2.45, 2.75) is 18.9 Å². The monoisotopic (exact) mass is 294 g/mol. The van der Waals surface area contributed by atoms with Crippen LogP contribution in [-0.2, 0) is 12.8 Å². The van der Waals surface area contributed by atoms with E-state index in [9.17, 15) is 5.11 Å². The number of benzene rings is 2. The maximum Gasteiger partial charge on any atom is 0.0775 e. The Morgan fingerprint density at radius 2 is 1.59 bits per heavy atom. The number of aliphatic hydroxyl groups is 1. The Balaban J connectivity index is 2.00. The molecule has 0 saturated carbocycles. The number of azide groups is 1. The summed E-state index contributed by atoms with van der Waals surface area (Å²) in [7, 11) is 0. The van der Waals surface area contributed by atoms with Crippen LogP contribution >= 0.6 is 0 Å². The topological polar surface area (TPSA) is 72.2 Å². The van der Waals surface area contributed by atoms with E-state index in [4.69, 9.17) is 5.53 Å². The summed E-state index contributed by atoms with van der Waals surface area (Å²) in [5.41, 5.74) is 13.2. The number of rotatable bonds is 4. The van der Waals surface area contributed by atoms with Crippen molar-refractivity contribution in [2.75, 3.05) is 18.0 Å². The predicted molar refractivity (Wildman–Crippen MR) is 87.3 cm³/mol. The molecule has 22 heavy (non-hydrogen) atoms. The highest BCUT2D eigenvalue weighted by molar-refractivity contribution is 5.71. The van der Waals surface area contributed by atoms with Crippen LogP contribution in [0.3, 0.4) is 0 Å². The molecule has 0 spiro atoms. The van der Waals surface area contributed by atoms with Crippen LogP contribution in [0.15, 0.2) is 53.6 Å². The first-order valence-corrected chi connectivity index (χ1v) is 7.42. The van der Waals surface area contributed by atoms with Gasteiger partial charge in [-0.25, -0.2) is 0 Å². The SMILES string of the molecule is [N-]=[N+]=NCC(O)CN1c2ccccc2CCc2ccccc21. The van der Waals surface area contributed by atoms with Gasteiger partial charge in [0.25, 0.3) is 0 Å². The van der Waals surface area contributed by atoms with Gasteiger partial charge in [0.05, 0.1) is 12.6 Å². The van der Waals surface area contributed by atoms with Crippen molar-refractivity contribution in [3.05, 3.63) is 70.1 Å². The zero-order valence-corrected chi connectivity index (χ0v) is 12.3. The largest absolute Gasteiger partial charge is 0.391 e. The number of hydrogen-bond acceptors (Lipinski definition) is 3. The van der Waals surface area contributed by atoms with Gasteiger partial charge in [-0.15, -0.1) is 0 Å². The summed E-state index contributed by atoms with van der Waals surface area (Å²) in [6, 6.07) is 16.5. The van der Waals surface area contributed by atoms with Gasteiger partial charge in [-0.05, 0) is 41.6 Å². The normalized spacial score (nSPS) is 14.3. The molecule has 112 valence electrons. The van der Waals surface area contributed by atoms with Crippen LogP contribution in [0.2, 0.25) is 0 Å². The fraction of sp³-hybridized carbons (Fsp3) is 0.294. The smallest absolute Gasteiger partial charge is 0.0775 e. The zero-order valence-electron chi connectivity index (χ0n) is 12.3. The molecule has 1 atom stereocenters. The number of anilines is 2. The fourth-order valence-corrected chi connectivity index (χ4v) is 2.97. The van der Waals surface area contributed by atoms with Gasteiger partial charge in [-0.1, -0.05) is 41.5 Å². The lowest BCUT2D eigenvalue weighted by Crippen LogP contribution is -2.31. The van der Waals surface area contributed by atoms with Gasteiger partial charge in [-0.3, -0.25) is 0 Å². The van der Waals surface area contributed by atoms with Crippen molar-refractivity contribution in [3.63, 3.8) is 0 Å². The number of β-amino-alcohol motifs (C(OH)–C–C–N with tert-alkyl or cyclic N) is 1. The average Bonchev–Trinajstić information content (AvgIpc) is 2.71. The van der Waals surface area contributed by atoms with Crippen molar-refractivity contribution in [1.82, 2.24) is 0 Å². The number of aryl methyl sites for hydroxylation is 2. The van der Waals surface area contributed by atoms with Gasteiger partial charge in [0.1, 0.15) is 0 Å². The molecule has 5 heteroatoms. The maximum absolute atomic E-state index is 10.2. The lowest BCUT2D eigenvalue weighted by atomic mass is 10.0. The molecule has 1 aliphatic heterocycles. The minimum atomic E-state index is -0.699. The van der Waals surface area contributed by atoms with Crippen LogP contribution in [0.1, 0.15) is 11.1 Å². The molecule has 1 heterocycles. The Hall–Kier alpha value is -2.49. The van der Waals surface area contributed by atoms with E-state index < -0.39 is 6.10 Å². The molecule has 1 unspecified atom stereocenters. The highest BCUT2D eigenvalue weighted by Gasteiger charge is 2.21. The van der Waals surface area contributed by atoms with E-state index in [2.05, 4.69) is 39.2 Å². The third-order valence-electron chi connectivity index (χ3n) is 3.98. The first-order chi connectivity index (χ1) is 10.8. The van der Waals surface area contributed by atoms with Gasteiger partial charge in [-0.2, -0.15) is 0 Å². The number of para-hydroxylation sites is 2. The van der Waals surface area contributed by atoms with E-state index in [0.717, 1.165) is 24.2 Å². The van der Waals surface area contributed by atoms with Crippen molar-refractivity contribution < 1.29 is 5.11 Å². The third kappa shape index (κ3) is 2.91. The summed E-state index contributed by atoms with van der Waals surface area (Å²) in [6.07, 6.45) is 1.27.